The van der Waals surface area contributed by atoms with Gasteiger partial charge in [0.2, 0.25) is 0 Å². The number of rotatable bonds is 6. The van der Waals surface area contributed by atoms with Crippen LogP contribution in [0.2, 0.25) is 0 Å². The van der Waals surface area contributed by atoms with E-state index in [0.29, 0.717) is 36.8 Å². The van der Waals surface area contributed by atoms with Crippen LogP contribution in [0.15, 0.2) is 41.3 Å². The Bertz CT molecular complexity index is 789. The lowest BCUT2D eigenvalue weighted by atomic mass is 10.2. The van der Waals surface area contributed by atoms with E-state index in [2.05, 4.69) is 10.00 Å². The molecule has 1 aliphatic heterocycles. The number of hydrogen-bond acceptors (Lipinski definition) is 6. The van der Waals surface area contributed by atoms with E-state index in [0.717, 1.165) is 5.69 Å². The first-order chi connectivity index (χ1) is 11.5. The molecule has 0 saturated heterocycles. The van der Waals surface area contributed by atoms with Crippen molar-refractivity contribution in [3.8, 4) is 0 Å². The number of benzene rings is 1. The van der Waals surface area contributed by atoms with E-state index in [-0.39, 0.29) is 12.4 Å². The fraction of sp³-hybridized carbons (Fsp3) is 0.438. The summed E-state index contributed by atoms with van der Waals surface area (Å²) in [4.78, 5) is 2.41. The number of aliphatic hydroxyl groups is 2. The van der Waals surface area contributed by atoms with Gasteiger partial charge in [0.05, 0.1) is 35.2 Å². The highest BCUT2D eigenvalue weighted by molar-refractivity contribution is 7.91. The lowest BCUT2D eigenvalue weighted by molar-refractivity contribution is 0.0915. The molecule has 0 spiro atoms. The lowest BCUT2D eigenvalue weighted by Gasteiger charge is -2.27. The summed E-state index contributed by atoms with van der Waals surface area (Å²) in [5, 5.41) is 22.9. The van der Waals surface area contributed by atoms with Crippen molar-refractivity contribution < 1.29 is 18.6 Å². The topological polar surface area (TPSA) is 95.7 Å². The Labute approximate surface area is 141 Å². The fourth-order valence-electron chi connectivity index (χ4n) is 2.79. The second-order valence-electron chi connectivity index (χ2n) is 5.89. The molecule has 0 amide bonds. The molecule has 0 aliphatic carbocycles. The van der Waals surface area contributed by atoms with Gasteiger partial charge in [-0.25, -0.2) is 8.42 Å². The summed E-state index contributed by atoms with van der Waals surface area (Å²) in [6.07, 6.45) is -0.977. The number of sulfone groups is 1. The predicted octanol–water partition coefficient (Wildman–Crippen LogP) is 0.198. The molecule has 1 aliphatic rings. The molecule has 7 nitrogen and oxygen atoms in total. The Morgan fingerprint density at radius 3 is 2.67 bits per heavy atom. The minimum absolute atomic E-state index is 0.0667. The molecule has 0 fully saturated rings. The zero-order valence-electron chi connectivity index (χ0n) is 13.2. The Morgan fingerprint density at radius 1 is 1.21 bits per heavy atom. The van der Waals surface area contributed by atoms with E-state index >= 15 is 0 Å². The maximum atomic E-state index is 12.3. The molecule has 0 radical (unpaired) electrons. The summed E-state index contributed by atoms with van der Waals surface area (Å²) >= 11 is 0. The molecule has 1 atom stereocenters. The maximum absolute atomic E-state index is 12.3. The quantitative estimate of drug-likeness (QED) is 0.772. The lowest BCUT2D eigenvalue weighted by Crippen LogP contribution is -2.36. The van der Waals surface area contributed by atoms with Crippen molar-refractivity contribution in [1.29, 1.82) is 0 Å². The number of nitrogens with zero attached hydrogens (tertiary/aromatic N) is 3. The van der Waals surface area contributed by atoms with Crippen molar-refractivity contribution in [2.24, 2.45) is 0 Å². The molecule has 1 aromatic carbocycles. The highest BCUT2D eigenvalue weighted by Gasteiger charge is 2.22. The summed E-state index contributed by atoms with van der Waals surface area (Å²) < 4.78 is 26.5. The van der Waals surface area contributed by atoms with Crippen LogP contribution in [0.1, 0.15) is 17.5 Å². The van der Waals surface area contributed by atoms with Crippen LogP contribution in [-0.2, 0) is 22.9 Å². The Kier molecular flexibility index (Phi) is 5.00. The monoisotopic (exact) mass is 351 g/mol. The van der Waals surface area contributed by atoms with Gasteiger partial charge in [0, 0.05) is 19.6 Å². The maximum Gasteiger partial charge on any atom is 0.179 e. The average molecular weight is 351 g/mol. The van der Waals surface area contributed by atoms with Gasteiger partial charge in [-0.2, -0.15) is 5.10 Å². The van der Waals surface area contributed by atoms with Crippen molar-refractivity contribution in [1.82, 2.24) is 14.7 Å². The second-order valence-corrected chi connectivity index (χ2v) is 8.00. The zero-order chi connectivity index (χ0) is 17.2. The summed E-state index contributed by atoms with van der Waals surface area (Å²) in [6.45, 7) is 2.00. The summed E-state index contributed by atoms with van der Waals surface area (Å²) in [5.41, 5.74) is 1.37. The molecule has 2 N–H and O–H groups in total. The van der Waals surface area contributed by atoms with Gasteiger partial charge in [0.25, 0.3) is 0 Å². The molecular formula is C16H21N3O4S. The molecule has 8 heteroatoms. The fourth-order valence-corrected chi connectivity index (χ4v) is 4.09. The van der Waals surface area contributed by atoms with Crippen LogP contribution in [0, 0.1) is 0 Å². The van der Waals surface area contributed by atoms with Gasteiger partial charge in [0.15, 0.2) is 9.84 Å². The minimum Gasteiger partial charge on any atom is -0.393 e. The number of aromatic nitrogens is 2. The predicted molar refractivity (Wildman–Crippen MR) is 88.0 cm³/mol. The largest absolute Gasteiger partial charge is 0.393 e. The molecule has 1 aromatic heterocycles. The first-order valence-corrected chi connectivity index (χ1v) is 9.50. The van der Waals surface area contributed by atoms with Crippen molar-refractivity contribution in [2.45, 2.75) is 24.1 Å². The van der Waals surface area contributed by atoms with Crippen LogP contribution in [-0.4, -0.2) is 58.8 Å². The van der Waals surface area contributed by atoms with Crippen molar-refractivity contribution in [3.05, 3.63) is 47.8 Å². The first kappa shape index (κ1) is 17.1. The summed E-state index contributed by atoms with van der Waals surface area (Å²) in [5.74, 6) is 0.0667. The van der Waals surface area contributed by atoms with Crippen molar-refractivity contribution in [3.63, 3.8) is 0 Å². The second kappa shape index (κ2) is 7.02. The summed E-state index contributed by atoms with van der Waals surface area (Å²) in [6, 6.07) is 10.2. The highest BCUT2D eigenvalue weighted by Crippen LogP contribution is 2.18. The van der Waals surface area contributed by atoms with E-state index in [1.807, 2.05) is 0 Å². The smallest absolute Gasteiger partial charge is 0.179 e. The van der Waals surface area contributed by atoms with Gasteiger partial charge >= 0.3 is 0 Å². The van der Waals surface area contributed by atoms with Gasteiger partial charge < -0.3 is 10.2 Å². The molecule has 2 aromatic rings. The van der Waals surface area contributed by atoms with Crippen LogP contribution in [0.3, 0.4) is 0 Å². The van der Waals surface area contributed by atoms with Gasteiger partial charge in [0.1, 0.15) is 6.10 Å². The van der Waals surface area contributed by atoms with Gasteiger partial charge in [-0.1, -0.05) is 18.2 Å². The van der Waals surface area contributed by atoms with Crippen LogP contribution in [0.5, 0.6) is 0 Å². The Balaban J connectivity index is 1.63. The van der Waals surface area contributed by atoms with Gasteiger partial charge in [-0.3, -0.25) is 9.58 Å². The van der Waals surface area contributed by atoms with E-state index in [1.165, 1.54) is 0 Å². The zero-order valence-corrected chi connectivity index (χ0v) is 14.1. The van der Waals surface area contributed by atoms with E-state index < -0.39 is 15.9 Å². The summed E-state index contributed by atoms with van der Waals surface area (Å²) in [7, 11) is -3.29. The first-order valence-electron chi connectivity index (χ1n) is 7.85. The van der Waals surface area contributed by atoms with Crippen LogP contribution in [0.4, 0.5) is 0 Å². The SMILES string of the molecule is O=S(=O)(CCN1CCn2nc([C@@H](O)CO)cc2C1)c1ccccc1. The molecule has 130 valence electrons. The average Bonchev–Trinajstić information content (AvgIpc) is 3.03. The van der Waals surface area contributed by atoms with Crippen molar-refractivity contribution in [2.75, 3.05) is 25.4 Å². The van der Waals surface area contributed by atoms with Crippen molar-refractivity contribution >= 4 is 9.84 Å². The van der Waals surface area contributed by atoms with E-state index in [9.17, 15) is 13.5 Å². The standard InChI is InChI=1S/C16H21N3O4S/c20-12-16(21)15-10-13-11-18(6-7-19(13)17-15)8-9-24(22,23)14-4-2-1-3-5-14/h1-5,10,16,20-21H,6-9,11-12H2/t16-/m0/s1. The third-order valence-corrected chi connectivity index (χ3v) is 5.90. The van der Waals surface area contributed by atoms with Crippen LogP contribution >= 0.6 is 0 Å². The van der Waals surface area contributed by atoms with E-state index in [1.54, 1.807) is 41.1 Å². The molecule has 3 rings (SSSR count). The third kappa shape index (κ3) is 3.67. The van der Waals surface area contributed by atoms with Crippen LogP contribution in [0.25, 0.3) is 0 Å². The van der Waals surface area contributed by atoms with Gasteiger partial charge in [-0.15, -0.1) is 0 Å². The molecule has 0 unspecified atom stereocenters. The Hall–Kier alpha value is -1.74. The molecular weight excluding hydrogens is 330 g/mol. The highest BCUT2D eigenvalue weighted by atomic mass is 32.2. The Morgan fingerprint density at radius 2 is 1.96 bits per heavy atom. The number of fused-ring (bicyclic) bond motifs is 1. The molecule has 0 saturated carbocycles. The van der Waals surface area contributed by atoms with E-state index in [4.69, 9.17) is 5.11 Å². The normalized spacial score (nSPS) is 16.8. The van der Waals surface area contributed by atoms with Crippen LogP contribution < -0.4 is 0 Å². The minimum atomic E-state index is -3.29. The molecule has 0 bridgehead atoms. The molecule has 2 heterocycles. The molecule has 24 heavy (non-hydrogen) atoms. The number of hydrogen-bond donors (Lipinski definition) is 2. The third-order valence-electron chi connectivity index (χ3n) is 4.19. The number of aliphatic hydroxyl groups excluding tert-OH is 2. The van der Waals surface area contributed by atoms with Gasteiger partial charge in [-0.05, 0) is 18.2 Å².